The Morgan fingerprint density at radius 3 is 2.59 bits per heavy atom. The van der Waals surface area contributed by atoms with E-state index >= 15 is 0 Å². The highest BCUT2D eigenvalue weighted by Gasteiger charge is 2.35. The molecule has 122 valence electrons. The highest BCUT2D eigenvalue weighted by Crippen LogP contribution is 2.29. The van der Waals surface area contributed by atoms with E-state index < -0.39 is 0 Å². The minimum Gasteiger partial charge on any atom is -0.331 e. The van der Waals surface area contributed by atoms with E-state index in [1.54, 1.807) is 19.1 Å². The van der Waals surface area contributed by atoms with Crippen LogP contribution in [0.1, 0.15) is 48.0 Å². The summed E-state index contributed by atoms with van der Waals surface area (Å²) in [6, 6.07) is 5.39. The molecule has 0 spiro atoms. The van der Waals surface area contributed by atoms with E-state index in [9.17, 15) is 9.18 Å². The standard InChI is InChI=1S/C17H23FN2O.ClH/c1-12-15(7-4-8-16(12)18)17(21)20(13-5-2-3-6-13)14-9-10-19-11-14;/h4,7-8,13-14,19H,2-3,5-6,9-11H2,1H3;1H/t14-;/m0./s1. The molecule has 1 heterocycles. The van der Waals surface area contributed by atoms with Gasteiger partial charge in [-0.25, -0.2) is 4.39 Å². The quantitative estimate of drug-likeness (QED) is 0.924. The summed E-state index contributed by atoms with van der Waals surface area (Å²) in [6.45, 7) is 3.52. The van der Waals surface area contributed by atoms with Crippen molar-refractivity contribution < 1.29 is 9.18 Å². The lowest BCUT2D eigenvalue weighted by molar-refractivity contribution is 0.0593. The first-order chi connectivity index (χ1) is 10.2. The van der Waals surface area contributed by atoms with Crippen molar-refractivity contribution in [2.75, 3.05) is 13.1 Å². The van der Waals surface area contributed by atoms with Gasteiger partial charge in [0.2, 0.25) is 0 Å². The molecule has 22 heavy (non-hydrogen) atoms. The molecule has 1 amide bonds. The van der Waals surface area contributed by atoms with Crippen molar-refractivity contribution in [1.29, 1.82) is 0 Å². The number of amides is 1. The van der Waals surface area contributed by atoms with Gasteiger partial charge in [0, 0.05) is 24.2 Å². The molecule has 3 rings (SSSR count). The van der Waals surface area contributed by atoms with Crippen LogP contribution < -0.4 is 5.32 Å². The Kier molecular flexibility index (Phi) is 5.81. The molecule has 1 atom stereocenters. The van der Waals surface area contributed by atoms with Crippen molar-refractivity contribution >= 4 is 18.3 Å². The predicted octanol–water partition coefficient (Wildman–Crippen LogP) is 3.30. The number of benzene rings is 1. The molecule has 0 bridgehead atoms. The van der Waals surface area contributed by atoms with E-state index in [0.717, 1.165) is 32.4 Å². The lowest BCUT2D eigenvalue weighted by Crippen LogP contribution is -2.47. The summed E-state index contributed by atoms with van der Waals surface area (Å²) in [7, 11) is 0. The summed E-state index contributed by atoms with van der Waals surface area (Å²) in [6.07, 6.45) is 5.54. The fraction of sp³-hybridized carbons (Fsp3) is 0.588. The average molecular weight is 327 g/mol. The first kappa shape index (κ1) is 17.2. The summed E-state index contributed by atoms with van der Waals surface area (Å²) >= 11 is 0. The maximum atomic E-state index is 13.8. The van der Waals surface area contributed by atoms with Gasteiger partial charge in [0.1, 0.15) is 5.82 Å². The van der Waals surface area contributed by atoms with E-state index in [4.69, 9.17) is 0 Å². The van der Waals surface area contributed by atoms with E-state index in [0.29, 0.717) is 17.2 Å². The third-order valence-electron chi connectivity index (χ3n) is 4.88. The molecule has 1 N–H and O–H groups in total. The number of halogens is 2. The van der Waals surface area contributed by atoms with Crippen LogP contribution in [0.25, 0.3) is 0 Å². The summed E-state index contributed by atoms with van der Waals surface area (Å²) in [5.74, 6) is -0.288. The zero-order valence-electron chi connectivity index (χ0n) is 13.0. The van der Waals surface area contributed by atoms with Gasteiger partial charge in [-0.15, -0.1) is 12.4 Å². The van der Waals surface area contributed by atoms with Crippen molar-refractivity contribution in [2.24, 2.45) is 0 Å². The van der Waals surface area contributed by atoms with E-state index in [2.05, 4.69) is 10.2 Å². The van der Waals surface area contributed by atoms with Crippen molar-refractivity contribution in [3.63, 3.8) is 0 Å². The van der Waals surface area contributed by atoms with Crippen LogP contribution in [0.4, 0.5) is 4.39 Å². The molecule has 1 saturated carbocycles. The zero-order chi connectivity index (χ0) is 14.8. The monoisotopic (exact) mass is 326 g/mol. The van der Waals surface area contributed by atoms with Crippen molar-refractivity contribution in [3.05, 3.63) is 35.1 Å². The minimum absolute atomic E-state index is 0. The van der Waals surface area contributed by atoms with Gasteiger partial charge in [-0.2, -0.15) is 0 Å². The zero-order valence-corrected chi connectivity index (χ0v) is 13.8. The number of carbonyl (C=O) groups excluding carboxylic acids is 1. The largest absolute Gasteiger partial charge is 0.331 e. The SMILES string of the molecule is Cc1c(F)cccc1C(=O)N(C1CCCC1)[C@H]1CCNC1.Cl. The van der Waals surface area contributed by atoms with Crippen LogP contribution in [0.15, 0.2) is 18.2 Å². The number of carbonyl (C=O) groups is 1. The Hall–Kier alpha value is -1.13. The fourth-order valence-corrected chi connectivity index (χ4v) is 3.67. The Bertz CT molecular complexity index is 509. The molecule has 0 unspecified atom stereocenters. The van der Waals surface area contributed by atoms with Crippen molar-refractivity contribution in [2.45, 2.75) is 51.1 Å². The average Bonchev–Trinajstić information content (AvgIpc) is 3.16. The molecule has 1 aromatic carbocycles. The van der Waals surface area contributed by atoms with E-state index in [1.165, 1.54) is 18.9 Å². The summed E-state index contributed by atoms with van der Waals surface area (Å²) in [5, 5.41) is 3.34. The van der Waals surface area contributed by atoms with Gasteiger partial charge < -0.3 is 10.2 Å². The summed E-state index contributed by atoms with van der Waals surface area (Å²) < 4.78 is 13.8. The minimum atomic E-state index is -0.295. The van der Waals surface area contributed by atoms with E-state index in [-0.39, 0.29) is 30.2 Å². The molecule has 0 aromatic heterocycles. The van der Waals surface area contributed by atoms with Gasteiger partial charge in [-0.05, 0) is 50.4 Å². The molecular formula is C17H24ClFN2O. The van der Waals surface area contributed by atoms with Crippen molar-refractivity contribution in [3.8, 4) is 0 Å². The highest BCUT2D eigenvalue weighted by atomic mass is 35.5. The molecule has 1 aliphatic carbocycles. The van der Waals surface area contributed by atoms with Crippen LogP contribution in [0.2, 0.25) is 0 Å². The van der Waals surface area contributed by atoms with Gasteiger partial charge in [0.25, 0.3) is 5.91 Å². The first-order valence-electron chi connectivity index (χ1n) is 7.97. The molecule has 1 saturated heterocycles. The molecule has 1 aromatic rings. The lowest BCUT2D eigenvalue weighted by atomic mass is 10.0. The summed E-state index contributed by atoms with van der Waals surface area (Å²) in [5.41, 5.74) is 0.991. The fourth-order valence-electron chi connectivity index (χ4n) is 3.67. The van der Waals surface area contributed by atoms with Crippen LogP contribution in [-0.4, -0.2) is 36.0 Å². The number of nitrogens with zero attached hydrogens (tertiary/aromatic N) is 1. The van der Waals surface area contributed by atoms with Gasteiger partial charge >= 0.3 is 0 Å². The van der Waals surface area contributed by atoms with Crippen LogP contribution >= 0.6 is 12.4 Å². The van der Waals surface area contributed by atoms with Gasteiger partial charge in [-0.1, -0.05) is 18.9 Å². The van der Waals surface area contributed by atoms with Crippen molar-refractivity contribution in [1.82, 2.24) is 10.2 Å². The van der Waals surface area contributed by atoms with Crippen LogP contribution in [0.3, 0.4) is 0 Å². The Morgan fingerprint density at radius 2 is 1.95 bits per heavy atom. The molecule has 0 radical (unpaired) electrons. The molecular weight excluding hydrogens is 303 g/mol. The maximum Gasteiger partial charge on any atom is 0.254 e. The number of hydrogen-bond acceptors (Lipinski definition) is 2. The topological polar surface area (TPSA) is 32.3 Å². The number of rotatable bonds is 3. The molecule has 2 fully saturated rings. The molecule has 5 heteroatoms. The Morgan fingerprint density at radius 1 is 1.23 bits per heavy atom. The van der Waals surface area contributed by atoms with E-state index in [1.807, 2.05) is 0 Å². The molecule has 2 aliphatic rings. The Labute approximate surface area is 137 Å². The highest BCUT2D eigenvalue weighted by molar-refractivity contribution is 5.96. The van der Waals surface area contributed by atoms with Gasteiger partial charge in [-0.3, -0.25) is 4.79 Å². The van der Waals surface area contributed by atoms with Crippen LogP contribution in [0, 0.1) is 12.7 Å². The second-order valence-corrected chi connectivity index (χ2v) is 6.21. The smallest absolute Gasteiger partial charge is 0.254 e. The van der Waals surface area contributed by atoms with Gasteiger partial charge in [0.15, 0.2) is 0 Å². The second kappa shape index (κ2) is 7.42. The first-order valence-corrected chi connectivity index (χ1v) is 7.97. The maximum absolute atomic E-state index is 13.8. The van der Waals surface area contributed by atoms with Crippen LogP contribution in [0.5, 0.6) is 0 Å². The lowest BCUT2D eigenvalue weighted by Gasteiger charge is -2.34. The third kappa shape index (κ3) is 3.28. The van der Waals surface area contributed by atoms with Gasteiger partial charge in [0.05, 0.1) is 0 Å². The number of hydrogen-bond donors (Lipinski definition) is 1. The van der Waals surface area contributed by atoms with Crippen LogP contribution in [-0.2, 0) is 0 Å². The Balaban J connectivity index is 0.00000176. The number of nitrogens with one attached hydrogen (secondary N) is 1. The third-order valence-corrected chi connectivity index (χ3v) is 4.88. The predicted molar refractivity (Wildman–Crippen MR) is 88.1 cm³/mol. The molecule has 3 nitrogen and oxygen atoms in total. The molecule has 1 aliphatic heterocycles. The second-order valence-electron chi connectivity index (χ2n) is 6.21. The summed E-state index contributed by atoms with van der Waals surface area (Å²) in [4.78, 5) is 15.1. The normalized spacial score (nSPS) is 21.6.